The van der Waals surface area contributed by atoms with Crippen molar-refractivity contribution in [3.05, 3.63) is 24.3 Å². The maximum atomic E-state index is 5.43. The van der Waals surface area contributed by atoms with Crippen molar-refractivity contribution in [1.82, 2.24) is 5.32 Å². The van der Waals surface area contributed by atoms with E-state index >= 15 is 0 Å². The minimum Gasteiger partial charge on any atom is -0.495 e. The van der Waals surface area contributed by atoms with Crippen LogP contribution in [0.5, 0.6) is 5.75 Å². The van der Waals surface area contributed by atoms with Crippen LogP contribution < -0.4 is 15.0 Å². The average Bonchev–Trinajstić information content (AvgIpc) is 2.39. The van der Waals surface area contributed by atoms with Crippen LogP contribution in [0.25, 0.3) is 0 Å². The fourth-order valence-electron chi connectivity index (χ4n) is 2.54. The number of benzene rings is 1. The molecule has 1 N–H and O–H groups in total. The highest BCUT2D eigenvalue weighted by Crippen LogP contribution is 2.29. The Kier molecular flexibility index (Phi) is 4.26. The van der Waals surface area contributed by atoms with Gasteiger partial charge >= 0.3 is 0 Å². The number of piperidine rings is 1. The zero-order chi connectivity index (χ0) is 12.1. The Labute approximate surface area is 104 Å². The molecule has 1 fully saturated rings. The van der Waals surface area contributed by atoms with Gasteiger partial charge in [-0.25, -0.2) is 0 Å². The Balaban J connectivity index is 2.10. The van der Waals surface area contributed by atoms with Crippen molar-refractivity contribution >= 4 is 5.69 Å². The number of nitrogens with one attached hydrogen (secondary N) is 1. The molecule has 0 radical (unpaired) electrons. The zero-order valence-corrected chi connectivity index (χ0v) is 10.8. The molecular weight excluding hydrogens is 212 g/mol. The van der Waals surface area contributed by atoms with Crippen molar-refractivity contribution in [2.24, 2.45) is 0 Å². The first-order chi connectivity index (χ1) is 8.35. The summed E-state index contributed by atoms with van der Waals surface area (Å²) in [5.74, 6) is 0.977. The molecule has 1 unspecified atom stereocenters. The van der Waals surface area contributed by atoms with E-state index < -0.39 is 0 Å². The number of ether oxygens (including phenoxy) is 1. The number of hydrogen-bond acceptors (Lipinski definition) is 3. The van der Waals surface area contributed by atoms with E-state index in [1.165, 1.54) is 18.5 Å². The van der Waals surface area contributed by atoms with Gasteiger partial charge in [-0.05, 0) is 31.5 Å². The molecule has 94 valence electrons. The molecule has 17 heavy (non-hydrogen) atoms. The van der Waals surface area contributed by atoms with Gasteiger partial charge in [0.05, 0.1) is 12.8 Å². The summed E-state index contributed by atoms with van der Waals surface area (Å²) < 4.78 is 5.43. The van der Waals surface area contributed by atoms with E-state index in [1.54, 1.807) is 7.11 Å². The number of nitrogens with zero attached hydrogens (tertiary/aromatic N) is 1. The Morgan fingerprint density at radius 3 is 3.00 bits per heavy atom. The topological polar surface area (TPSA) is 24.5 Å². The van der Waals surface area contributed by atoms with Crippen LogP contribution in [-0.2, 0) is 0 Å². The smallest absolute Gasteiger partial charge is 0.142 e. The Morgan fingerprint density at radius 1 is 1.41 bits per heavy atom. The van der Waals surface area contributed by atoms with Crippen LogP contribution in [0.4, 0.5) is 5.69 Å². The van der Waals surface area contributed by atoms with Crippen LogP contribution >= 0.6 is 0 Å². The van der Waals surface area contributed by atoms with E-state index in [0.717, 1.165) is 25.4 Å². The van der Waals surface area contributed by atoms with Crippen LogP contribution in [0.2, 0.25) is 0 Å². The van der Waals surface area contributed by atoms with Crippen molar-refractivity contribution in [3.8, 4) is 5.75 Å². The lowest BCUT2D eigenvalue weighted by molar-refractivity contribution is 0.403. The highest BCUT2D eigenvalue weighted by atomic mass is 16.5. The number of anilines is 1. The third kappa shape index (κ3) is 2.91. The quantitative estimate of drug-likeness (QED) is 0.865. The van der Waals surface area contributed by atoms with Crippen LogP contribution in [0.3, 0.4) is 0 Å². The summed E-state index contributed by atoms with van der Waals surface area (Å²) in [5, 5.41) is 3.54. The van der Waals surface area contributed by atoms with E-state index in [1.807, 2.05) is 12.1 Å². The monoisotopic (exact) mass is 234 g/mol. The van der Waals surface area contributed by atoms with Gasteiger partial charge in [-0.1, -0.05) is 19.1 Å². The molecule has 0 aliphatic carbocycles. The summed E-state index contributed by atoms with van der Waals surface area (Å²) >= 11 is 0. The molecule has 3 heteroatoms. The van der Waals surface area contributed by atoms with Gasteiger partial charge in [-0.15, -0.1) is 0 Å². The third-order valence-corrected chi connectivity index (χ3v) is 3.34. The molecule has 1 atom stereocenters. The first kappa shape index (κ1) is 12.2. The summed E-state index contributed by atoms with van der Waals surface area (Å²) in [6, 6.07) is 8.89. The highest BCUT2D eigenvalue weighted by molar-refractivity contribution is 5.58. The van der Waals surface area contributed by atoms with E-state index in [0.29, 0.717) is 6.04 Å². The van der Waals surface area contributed by atoms with Crippen molar-refractivity contribution in [2.45, 2.75) is 25.8 Å². The Hall–Kier alpha value is -1.22. The van der Waals surface area contributed by atoms with Gasteiger partial charge in [-0.2, -0.15) is 0 Å². The zero-order valence-electron chi connectivity index (χ0n) is 10.8. The molecule has 0 amide bonds. The van der Waals surface area contributed by atoms with Crippen molar-refractivity contribution in [1.29, 1.82) is 0 Å². The predicted molar refractivity (Wildman–Crippen MR) is 71.9 cm³/mol. The Bertz CT molecular complexity index is 352. The van der Waals surface area contributed by atoms with Crippen LogP contribution in [0.15, 0.2) is 24.3 Å². The predicted octanol–water partition coefficient (Wildman–Crippen LogP) is 2.27. The molecular formula is C14H22N2O. The van der Waals surface area contributed by atoms with Gasteiger partial charge in [0, 0.05) is 19.1 Å². The molecule has 1 aliphatic heterocycles. The van der Waals surface area contributed by atoms with Gasteiger partial charge in [0.25, 0.3) is 0 Å². The fourth-order valence-corrected chi connectivity index (χ4v) is 2.54. The minimum absolute atomic E-state index is 0.610. The van der Waals surface area contributed by atoms with Crippen LogP contribution in [-0.4, -0.2) is 32.8 Å². The van der Waals surface area contributed by atoms with Crippen molar-refractivity contribution in [3.63, 3.8) is 0 Å². The molecule has 0 bridgehead atoms. The molecule has 3 nitrogen and oxygen atoms in total. The number of methoxy groups -OCH3 is 1. The summed E-state index contributed by atoms with van der Waals surface area (Å²) in [6.07, 6.45) is 2.52. The molecule has 0 aromatic heterocycles. The molecule has 1 aromatic rings. The number of rotatable bonds is 4. The number of hydrogen-bond donors (Lipinski definition) is 1. The lowest BCUT2D eigenvalue weighted by atomic mass is 10.0. The summed E-state index contributed by atoms with van der Waals surface area (Å²) in [4.78, 5) is 2.43. The van der Waals surface area contributed by atoms with Crippen molar-refractivity contribution in [2.75, 3.05) is 31.6 Å². The molecule has 2 rings (SSSR count). The second-order valence-corrected chi connectivity index (χ2v) is 4.51. The van der Waals surface area contributed by atoms with E-state index in [9.17, 15) is 0 Å². The summed E-state index contributed by atoms with van der Waals surface area (Å²) in [7, 11) is 1.74. The minimum atomic E-state index is 0.610. The van der Waals surface area contributed by atoms with E-state index in [2.05, 4.69) is 29.3 Å². The van der Waals surface area contributed by atoms with Gasteiger partial charge in [-0.3, -0.25) is 0 Å². The van der Waals surface area contributed by atoms with Gasteiger partial charge in [0.1, 0.15) is 5.75 Å². The van der Waals surface area contributed by atoms with Gasteiger partial charge < -0.3 is 15.0 Å². The first-order valence-corrected chi connectivity index (χ1v) is 6.46. The lowest BCUT2D eigenvalue weighted by Gasteiger charge is -2.35. The van der Waals surface area contributed by atoms with Gasteiger partial charge in [0.2, 0.25) is 0 Å². The second-order valence-electron chi connectivity index (χ2n) is 4.51. The van der Waals surface area contributed by atoms with Crippen molar-refractivity contribution < 1.29 is 4.74 Å². The van der Waals surface area contributed by atoms with Crippen LogP contribution in [0, 0.1) is 0 Å². The van der Waals surface area contributed by atoms with Gasteiger partial charge in [0.15, 0.2) is 0 Å². The summed E-state index contributed by atoms with van der Waals surface area (Å²) in [6.45, 7) is 5.42. The molecule has 1 heterocycles. The van der Waals surface area contributed by atoms with Crippen LogP contribution in [0.1, 0.15) is 19.8 Å². The molecule has 1 aromatic carbocycles. The maximum Gasteiger partial charge on any atom is 0.142 e. The summed E-state index contributed by atoms with van der Waals surface area (Å²) in [5.41, 5.74) is 1.22. The first-order valence-electron chi connectivity index (χ1n) is 6.46. The SMILES string of the molecule is CCNC1CCCN(c2ccccc2OC)C1. The molecule has 0 spiro atoms. The second kappa shape index (κ2) is 5.92. The van der Waals surface area contributed by atoms with E-state index in [-0.39, 0.29) is 0 Å². The standard InChI is InChI=1S/C14H22N2O/c1-3-15-12-7-6-10-16(11-12)13-8-4-5-9-14(13)17-2/h4-5,8-9,12,15H,3,6-7,10-11H2,1-2H3. The fraction of sp³-hybridized carbons (Fsp3) is 0.571. The average molecular weight is 234 g/mol. The Morgan fingerprint density at radius 2 is 2.24 bits per heavy atom. The highest BCUT2D eigenvalue weighted by Gasteiger charge is 2.20. The lowest BCUT2D eigenvalue weighted by Crippen LogP contribution is -2.45. The third-order valence-electron chi connectivity index (χ3n) is 3.34. The molecule has 0 saturated carbocycles. The number of likely N-dealkylation sites (N-methyl/N-ethyl adjacent to an activating group) is 1. The normalized spacial score (nSPS) is 20.4. The molecule has 1 saturated heterocycles. The largest absolute Gasteiger partial charge is 0.495 e. The number of para-hydroxylation sites is 2. The van der Waals surface area contributed by atoms with E-state index in [4.69, 9.17) is 4.74 Å². The molecule has 1 aliphatic rings. The maximum absolute atomic E-state index is 5.43.